The third kappa shape index (κ3) is 2.25. The Bertz CT molecular complexity index is 464. The van der Waals surface area contributed by atoms with E-state index in [9.17, 15) is 9.59 Å². The third-order valence-electron chi connectivity index (χ3n) is 3.17. The van der Waals surface area contributed by atoms with Crippen LogP contribution in [0.15, 0.2) is 0 Å². The van der Waals surface area contributed by atoms with Crippen molar-refractivity contribution in [2.24, 2.45) is 0 Å². The highest BCUT2D eigenvalue weighted by Crippen LogP contribution is 2.20. The molecule has 0 spiro atoms. The summed E-state index contributed by atoms with van der Waals surface area (Å²) in [6.07, 6.45) is 0.486. The first-order chi connectivity index (χ1) is 8.54. The van der Waals surface area contributed by atoms with E-state index in [1.54, 1.807) is 9.80 Å². The van der Waals surface area contributed by atoms with Crippen LogP contribution in [0.25, 0.3) is 0 Å². The lowest BCUT2D eigenvalue weighted by molar-refractivity contribution is -0.130. The van der Waals surface area contributed by atoms with Gasteiger partial charge in [-0.25, -0.2) is 0 Å². The second kappa shape index (κ2) is 5.06. The summed E-state index contributed by atoms with van der Waals surface area (Å²) in [6.45, 7) is 7.24. The Morgan fingerprint density at radius 1 is 1.28 bits per heavy atom. The smallest absolute Gasteiger partial charge is 0.258 e. The lowest BCUT2D eigenvalue weighted by atomic mass is 10.2. The summed E-state index contributed by atoms with van der Waals surface area (Å²) in [5.41, 5.74) is 1.48. The number of carbonyl (C=O) groups is 2. The van der Waals surface area contributed by atoms with Gasteiger partial charge in [-0.2, -0.15) is 4.37 Å². The van der Waals surface area contributed by atoms with Gasteiger partial charge in [0.05, 0.1) is 17.9 Å². The van der Waals surface area contributed by atoms with Crippen LogP contribution in [0.5, 0.6) is 0 Å². The summed E-state index contributed by atoms with van der Waals surface area (Å²) in [6, 6.07) is 0. The predicted octanol–water partition coefficient (Wildman–Crippen LogP) is 1.41. The number of carbonyl (C=O) groups excluding carboxylic acids is 2. The van der Waals surface area contributed by atoms with E-state index in [0.29, 0.717) is 31.7 Å². The fourth-order valence-corrected chi connectivity index (χ4v) is 2.82. The van der Waals surface area contributed by atoms with Gasteiger partial charge in [0.25, 0.3) is 5.91 Å². The average molecular weight is 267 g/mol. The molecule has 0 aliphatic carbocycles. The van der Waals surface area contributed by atoms with Gasteiger partial charge in [-0.3, -0.25) is 9.59 Å². The van der Waals surface area contributed by atoms with E-state index < -0.39 is 0 Å². The van der Waals surface area contributed by atoms with Crippen LogP contribution >= 0.6 is 11.5 Å². The molecule has 0 radical (unpaired) electrons. The molecule has 5 nitrogen and oxygen atoms in total. The molecule has 1 saturated heterocycles. The van der Waals surface area contributed by atoms with Crippen molar-refractivity contribution in [2.75, 3.05) is 19.8 Å². The third-order valence-corrected chi connectivity index (χ3v) is 4.01. The molecule has 1 fully saturated rings. The van der Waals surface area contributed by atoms with E-state index in [2.05, 4.69) is 4.37 Å². The topological polar surface area (TPSA) is 53.5 Å². The van der Waals surface area contributed by atoms with Gasteiger partial charge >= 0.3 is 0 Å². The lowest BCUT2D eigenvalue weighted by Gasteiger charge is -2.18. The average Bonchev–Trinajstić information content (AvgIpc) is 2.95. The number of hydrogen-bond acceptors (Lipinski definition) is 4. The van der Waals surface area contributed by atoms with E-state index in [-0.39, 0.29) is 11.8 Å². The minimum Gasteiger partial charge on any atom is -0.323 e. The molecule has 98 valence electrons. The van der Waals surface area contributed by atoms with Gasteiger partial charge < -0.3 is 9.80 Å². The zero-order valence-electron chi connectivity index (χ0n) is 10.9. The molecule has 0 unspecified atom stereocenters. The van der Waals surface area contributed by atoms with Crippen molar-refractivity contribution in [1.29, 1.82) is 0 Å². The molecule has 1 aliphatic heterocycles. The van der Waals surface area contributed by atoms with Crippen molar-refractivity contribution in [3.05, 3.63) is 16.1 Å². The summed E-state index contributed by atoms with van der Waals surface area (Å²) >= 11 is 1.35. The van der Waals surface area contributed by atoms with Gasteiger partial charge in [0.2, 0.25) is 5.91 Å². The maximum absolute atomic E-state index is 12.4. The van der Waals surface area contributed by atoms with Gasteiger partial charge in [-0.1, -0.05) is 6.92 Å². The Morgan fingerprint density at radius 2 is 1.94 bits per heavy atom. The van der Waals surface area contributed by atoms with Crippen LogP contribution < -0.4 is 0 Å². The fourth-order valence-electron chi connectivity index (χ4n) is 2.13. The highest BCUT2D eigenvalue weighted by atomic mass is 32.1. The molecule has 2 heterocycles. The molecule has 0 saturated carbocycles. The number of aromatic nitrogens is 1. The first-order valence-electron chi connectivity index (χ1n) is 6.04. The van der Waals surface area contributed by atoms with E-state index in [4.69, 9.17) is 0 Å². The second-order valence-electron chi connectivity index (χ2n) is 4.42. The number of hydrogen-bond donors (Lipinski definition) is 0. The Labute approximate surface area is 111 Å². The van der Waals surface area contributed by atoms with Crippen LogP contribution in [-0.2, 0) is 4.79 Å². The molecule has 2 amide bonds. The molecule has 18 heavy (non-hydrogen) atoms. The van der Waals surface area contributed by atoms with Crippen molar-refractivity contribution in [3.8, 4) is 0 Å². The maximum atomic E-state index is 12.4. The van der Waals surface area contributed by atoms with Crippen molar-refractivity contribution < 1.29 is 9.59 Å². The summed E-state index contributed by atoms with van der Waals surface area (Å²) < 4.78 is 4.19. The van der Waals surface area contributed by atoms with Crippen LogP contribution in [0.3, 0.4) is 0 Å². The van der Waals surface area contributed by atoms with E-state index in [1.165, 1.54) is 11.5 Å². The van der Waals surface area contributed by atoms with Crippen molar-refractivity contribution in [1.82, 2.24) is 14.2 Å². The van der Waals surface area contributed by atoms with Crippen LogP contribution in [-0.4, -0.2) is 45.7 Å². The van der Waals surface area contributed by atoms with Gasteiger partial charge in [0, 0.05) is 24.4 Å². The monoisotopic (exact) mass is 267 g/mol. The normalized spacial score (nSPS) is 15.3. The molecule has 6 heteroatoms. The quantitative estimate of drug-likeness (QED) is 0.814. The molecule has 0 aromatic carbocycles. The number of rotatable bonds is 2. The van der Waals surface area contributed by atoms with Crippen molar-refractivity contribution >= 4 is 23.3 Å². The Morgan fingerprint density at radius 3 is 2.50 bits per heavy atom. The molecule has 0 bridgehead atoms. The molecular weight excluding hydrogens is 250 g/mol. The van der Waals surface area contributed by atoms with E-state index >= 15 is 0 Å². The Balaban J connectivity index is 2.11. The van der Waals surface area contributed by atoms with E-state index in [0.717, 1.165) is 10.6 Å². The summed E-state index contributed by atoms with van der Waals surface area (Å²) in [4.78, 5) is 28.3. The molecule has 1 aromatic rings. The fraction of sp³-hybridized carbons (Fsp3) is 0.583. The minimum absolute atomic E-state index is 0.00912. The van der Waals surface area contributed by atoms with Gasteiger partial charge in [-0.15, -0.1) is 0 Å². The van der Waals surface area contributed by atoms with Crippen LogP contribution in [0.2, 0.25) is 0 Å². The lowest BCUT2D eigenvalue weighted by Crippen LogP contribution is -2.34. The van der Waals surface area contributed by atoms with Gasteiger partial charge in [-0.05, 0) is 25.4 Å². The van der Waals surface area contributed by atoms with Crippen molar-refractivity contribution in [3.63, 3.8) is 0 Å². The molecule has 2 rings (SSSR count). The number of aryl methyl sites for hydroxylation is 2. The first-order valence-corrected chi connectivity index (χ1v) is 6.81. The largest absolute Gasteiger partial charge is 0.323 e. The number of nitrogens with zero attached hydrogens (tertiary/aromatic N) is 3. The molecule has 0 atom stereocenters. The maximum Gasteiger partial charge on any atom is 0.258 e. The molecule has 1 aromatic heterocycles. The zero-order valence-corrected chi connectivity index (χ0v) is 11.7. The highest BCUT2D eigenvalue weighted by Gasteiger charge is 2.29. The first kappa shape index (κ1) is 13.0. The van der Waals surface area contributed by atoms with Gasteiger partial charge in [0.1, 0.15) is 0 Å². The summed E-state index contributed by atoms with van der Waals surface area (Å²) in [7, 11) is 0. The molecule has 0 N–H and O–H groups in total. The Hall–Kier alpha value is -1.43. The SMILES string of the molecule is CCC(=O)N1CCN(C(=O)c2c(C)nsc2C)C1. The van der Waals surface area contributed by atoms with Crippen LogP contribution in [0.1, 0.15) is 34.3 Å². The van der Waals surface area contributed by atoms with E-state index in [1.807, 2.05) is 20.8 Å². The summed E-state index contributed by atoms with van der Waals surface area (Å²) in [5, 5.41) is 0. The Kier molecular flexibility index (Phi) is 3.65. The van der Waals surface area contributed by atoms with Crippen LogP contribution in [0.4, 0.5) is 0 Å². The standard InChI is InChI=1S/C12H17N3O2S/c1-4-10(16)14-5-6-15(7-14)12(17)11-8(2)13-18-9(11)3/h4-7H2,1-3H3. The minimum atomic E-state index is -0.00912. The molecular formula is C12H17N3O2S. The second-order valence-corrected chi connectivity index (χ2v) is 5.40. The van der Waals surface area contributed by atoms with Crippen LogP contribution in [0, 0.1) is 13.8 Å². The molecule has 1 aliphatic rings. The summed E-state index contributed by atoms with van der Waals surface area (Å²) in [5.74, 6) is 0.0901. The number of amides is 2. The zero-order chi connectivity index (χ0) is 13.3. The van der Waals surface area contributed by atoms with Gasteiger partial charge in [0.15, 0.2) is 0 Å². The predicted molar refractivity (Wildman–Crippen MR) is 69.5 cm³/mol. The van der Waals surface area contributed by atoms with Crippen molar-refractivity contribution in [2.45, 2.75) is 27.2 Å². The highest BCUT2D eigenvalue weighted by molar-refractivity contribution is 7.06.